The summed E-state index contributed by atoms with van der Waals surface area (Å²) < 4.78 is 0. The van der Waals surface area contributed by atoms with Crippen molar-refractivity contribution < 1.29 is 4.79 Å². The summed E-state index contributed by atoms with van der Waals surface area (Å²) in [5.41, 5.74) is 0.465. The molecule has 0 saturated heterocycles. The zero-order chi connectivity index (χ0) is 15.1. The van der Waals surface area contributed by atoms with Crippen LogP contribution in [0.25, 0.3) is 0 Å². The van der Waals surface area contributed by atoms with E-state index in [2.05, 4.69) is 27.5 Å². The number of amides is 1. The first kappa shape index (κ1) is 15.7. The molecule has 0 radical (unpaired) electrons. The highest BCUT2D eigenvalue weighted by Crippen LogP contribution is 2.18. The molecule has 1 fully saturated rings. The van der Waals surface area contributed by atoms with E-state index in [-0.39, 0.29) is 5.91 Å². The summed E-state index contributed by atoms with van der Waals surface area (Å²) in [6, 6.07) is 2.05. The maximum atomic E-state index is 12.3. The zero-order valence-electron chi connectivity index (χ0n) is 13.1. The van der Waals surface area contributed by atoms with Crippen LogP contribution in [-0.4, -0.2) is 28.5 Å². The Bertz CT molecular complexity index is 469. The Morgan fingerprint density at radius 1 is 1.29 bits per heavy atom. The van der Waals surface area contributed by atoms with Crippen molar-refractivity contribution in [3.05, 3.63) is 17.6 Å². The van der Waals surface area contributed by atoms with E-state index in [1.807, 2.05) is 6.92 Å². The number of hydrogen-bond donors (Lipinski definition) is 2. The van der Waals surface area contributed by atoms with Gasteiger partial charge in [-0.15, -0.1) is 0 Å². The summed E-state index contributed by atoms with van der Waals surface area (Å²) in [7, 11) is 0. The highest BCUT2D eigenvalue weighted by molar-refractivity contribution is 5.93. The van der Waals surface area contributed by atoms with Crippen LogP contribution in [0, 0.1) is 6.92 Å². The van der Waals surface area contributed by atoms with Gasteiger partial charge in [-0.3, -0.25) is 4.79 Å². The molecule has 5 nitrogen and oxygen atoms in total. The minimum absolute atomic E-state index is 0.0778. The Labute approximate surface area is 127 Å². The zero-order valence-corrected chi connectivity index (χ0v) is 13.1. The third-order valence-electron chi connectivity index (χ3n) is 3.85. The lowest BCUT2D eigenvalue weighted by Gasteiger charge is -2.22. The van der Waals surface area contributed by atoms with Gasteiger partial charge in [0.05, 0.1) is 0 Å². The highest BCUT2D eigenvalue weighted by Gasteiger charge is 2.18. The van der Waals surface area contributed by atoms with Gasteiger partial charge in [0, 0.05) is 18.7 Å². The minimum atomic E-state index is -0.0778. The van der Waals surface area contributed by atoms with Gasteiger partial charge in [-0.1, -0.05) is 32.6 Å². The van der Waals surface area contributed by atoms with Crippen molar-refractivity contribution in [3.63, 3.8) is 0 Å². The van der Waals surface area contributed by atoms with Crippen LogP contribution in [0.1, 0.15) is 68.2 Å². The van der Waals surface area contributed by atoms with Crippen molar-refractivity contribution in [1.29, 1.82) is 0 Å². The first-order valence-corrected chi connectivity index (χ1v) is 8.09. The van der Waals surface area contributed by atoms with Gasteiger partial charge in [-0.25, -0.2) is 9.97 Å². The van der Waals surface area contributed by atoms with Gasteiger partial charge in [0.2, 0.25) is 0 Å². The van der Waals surface area contributed by atoms with E-state index >= 15 is 0 Å². The lowest BCUT2D eigenvalue weighted by Crippen LogP contribution is -2.36. The van der Waals surface area contributed by atoms with Gasteiger partial charge in [-0.2, -0.15) is 0 Å². The molecular formula is C16H26N4O. The minimum Gasteiger partial charge on any atom is -0.370 e. The summed E-state index contributed by atoms with van der Waals surface area (Å²) in [6.07, 6.45) is 8.08. The molecule has 2 N–H and O–H groups in total. The largest absolute Gasteiger partial charge is 0.370 e. The molecule has 1 heterocycles. The summed E-state index contributed by atoms with van der Waals surface area (Å²) in [4.78, 5) is 20.9. The third kappa shape index (κ3) is 4.99. The number of carbonyl (C=O) groups is 1. The molecular weight excluding hydrogens is 264 g/mol. The number of nitrogens with zero attached hydrogens (tertiary/aromatic N) is 2. The quantitative estimate of drug-likeness (QED) is 0.790. The number of aryl methyl sites for hydroxylation is 1. The molecule has 1 aliphatic carbocycles. The van der Waals surface area contributed by atoms with Crippen LogP contribution in [0.3, 0.4) is 0 Å². The van der Waals surface area contributed by atoms with Crippen molar-refractivity contribution >= 4 is 11.7 Å². The molecule has 0 aliphatic heterocycles. The van der Waals surface area contributed by atoms with E-state index < -0.39 is 0 Å². The molecule has 1 amide bonds. The van der Waals surface area contributed by atoms with Gasteiger partial charge in [-0.05, 0) is 26.2 Å². The fraction of sp³-hybridized carbons (Fsp3) is 0.688. The second-order valence-electron chi connectivity index (χ2n) is 5.77. The SMILES string of the molecule is CCCCNc1cc(C(=O)NC2CCCCC2)nc(C)n1. The molecule has 1 aliphatic rings. The Balaban J connectivity index is 1.98. The van der Waals surface area contributed by atoms with Gasteiger partial charge in [0.15, 0.2) is 0 Å². The molecule has 0 bridgehead atoms. The fourth-order valence-electron chi connectivity index (χ4n) is 2.67. The van der Waals surface area contributed by atoms with Crippen LogP contribution in [0.4, 0.5) is 5.82 Å². The standard InChI is InChI=1S/C16H26N4O/c1-3-4-10-17-15-11-14(18-12(2)19-15)16(21)20-13-8-6-5-7-9-13/h11,13H,3-10H2,1-2H3,(H,20,21)(H,17,18,19). The summed E-state index contributed by atoms with van der Waals surface area (Å²) in [5, 5.41) is 6.35. The van der Waals surface area contributed by atoms with Crippen LogP contribution < -0.4 is 10.6 Å². The van der Waals surface area contributed by atoms with E-state index in [0.717, 1.165) is 38.0 Å². The number of aromatic nitrogens is 2. The van der Waals surface area contributed by atoms with E-state index in [1.165, 1.54) is 19.3 Å². The lowest BCUT2D eigenvalue weighted by molar-refractivity contribution is 0.0922. The first-order valence-electron chi connectivity index (χ1n) is 8.09. The van der Waals surface area contributed by atoms with Crippen molar-refractivity contribution in [2.45, 2.75) is 64.8 Å². The molecule has 1 saturated carbocycles. The Morgan fingerprint density at radius 3 is 2.76 bits per heavy atom. The molecule has 0 unspecified atom stereocenters. The van der Waals surface area contributed by atoms with E-state index in [9.17, 15) is 4.79 Å². The molecule has 1 aromatic rings. The highest BCUT2D eigenvalue weighted by atomic mass is 16.1. The number of hydrogen-bond acceptors (Lipinski definition) is 4. The topological polar surface area (TPSA) is 66.9 Å². The van der Waals surface area contributed by atoms with Crippen molar-refractivity contribution in [3.8, 4) is 0 Å². The van der Waals surface area contributed by atoms with Gasteiger partial charge >= 0.3 is 0 Å². The van der Waals surface area contributed by atoms with Crippen molar-refractivity contribution in [1.82, 2.24) is 15.3 Å². The number of anilines is 1. The van der Waals surface area contributed by atoms with Gasteiger partial charge in [0.25, 0.3) is 5.91 Å². The molecule has 5 heteroatoms. The molecule has 116 valence electrons. The third-order valence-corrected chi connectivity index (χ3v) is 3.85. The number of rotatable bonds is 6. The monoisotopic (exact) mass is 290 g/mol. The second-order valence-corrected chi connectivity index (χ2v) is 5.77. The summed E-state index contributed by atoms with van der Waals surface area (Å²) in [5.74, 6) is 1.29. The number of nitrogens with one attached hydrogen (secondary N) is 2. The Morgan fingerprint density at radius 2 is 2.05 bits per heavy atom. The fourth-order valence-corrected chi connectivity index (χ4v) is 2.67. The Hall–Kier alpha value is -1.65. The lowest BCUT2D eigenvalue weighted by atomic mass is 9.95. The van der Waals surface area contributed by atoms with Gasteiger partial charge < -0.3 is 10.6 Å². The van der Waals surface area contributed by atoms with Crippen molar-refractivity contribution in [2.24, 2.45) is 0 Å². The second kappa shape index (κ2) is 7.96. The maximum absolute atomic E-state index is 12.3. The molecule has 0 aromatic carbocycles. The molecule has 0 spiro atoms. The number of carbonyl (C=O) groups excluding carboxylic acids is 1. The predicted molar refractivity (Wildman–Crippen MR) is 84.5 cm³/mol. The van der Waals surface area contributed by atoms with E-state index in [4.69, 9.17) is 0 Å². The average Bonchev–Trinajstić information content (AvgIpc) is 2.48. The van der Waals surface area contributed by atoms with Crippen LogP contribution >= 0.6 is 0 Å². The Kier molecular flexibility index (Phi) is 5.96. The van der Waals surface area contributed by atoms with Crippen LogP contribution in [-0.2, 0) is 0 Å². The van der Waals surface area contributed by atoms with Crippen molar-refractivity contribution in [2.75, 3.05) is 11.9 Å². The predicted octanol–water partition coefficient (Wildman–Crippen LogP) is 3.06. The van der Waals surface area contributed by atoms with E-state index in [1.54, 1.807) is 6.07 Å². The van der Waals surface area contributed by atoms with Crippen LogP contribution in [0.5, 0.6) is 0 Å². The van der Waals surface area contributed by atoms with E-state index in [0.29, 0.717) is 17.6 Å². The molecule has 1 aromatic heterocycles. The summed E-state index contributed by atoms with van der Waals surface area (Å²) >= 11 is 0. The van der Waals surface area contributed by atoms with Crippen LogP contribution in [0.2, 0.25) is 0 Å². The normalized spacial score (nSPS) is 15.7. The smallest absolute Gasteiger partial charge is 0.270 e. The number of unbranched alkanes of at least 4 members (excludes halogenated alkanes) is 1. The molecule has 21 heavy (non-hydrogen) atoms. The maximum Gasteiger partial charge on any atom is 0.270 e. The molecule has 2 rings (SSSR count). The summed E-state index contributed by atoms with van der Waals surface area (Å²) in [6.45, 7) is 4.84. The van der Waals surface area contributed by atoms with Crippen LogP contribution in [0.15, 0.2) is 6.07 Å². The average molecular weight is 290 g/mol. The molecule has 0 atom stereocenters. The first-order chi connectivity index (χ1) is 10.2. The van der Waals surface area contributed by atoms with Gasteiger partial charge in [0.1, 0.15) is 17.3 Å².